The highest BCUT2D eigenvalue weighted by Crippen LogP contribution is 2.34. The van der Waals surface area contributed by atoms with Gasteiger partial charge < -0.3 is 5.32 Å². The zero-order valence-corrected chi connectivity index (χ0v) is 19.8. The number of amides is 1. The van der Waals surface area contributed by atoms with Crippen molar-refractivity contribution in [2.24, 2.45) is 0 Å². The van der Waals surface area contributed by atoms with Crippen molar-refractivity contribution >= 4 is 28.8 Å². The van der Waals surface area contributed by atoms with Gasteiger partial charge in [0.2, 0.25) is 5.91 Å². The lowest BCUT2D eigenvalue weighted by atomic mass is 9.97. The van der Waals surface area contributed by atoms with Gasteiger partial charge in [-0.15, -0.1) is 0 Å². The first-order chi connectivity index (χ1) is 16.7. The van der Waals surface area contributed by atoms with E-state index in [1.165, 1.54) is 0 Å². The van der Waals surface area contributed by atoms with E-state index < -0.39 is 18.6 Å². The number of pyridine rings is 1. The minimum atomic E-state index is -4.42. The molecule has 1 saturated heterocycles. The molecule has 0 spiro atoms. The number of hydrazine groups is 1. The van der Waals surface area contributed by atoms with Gasteiger partial charge in [0, 0.05) is 42.0 Å². The van der Waals surface area contributed by atoms with Crippen LogP contribution in [0.4, 0.5) is 18.9 Å². The third-order valence-corrected chi connectivity index (χ3v) is 6.48. The van der Waals surface area contributed by atoms with E-state index in [9.17, 15) is 23.2 Å². The number of aromatic nitrogens is 1. The van der Waals surface area contributed by atoms with Crippen LogP contribution >= 0.6 is 11.6 Å². The summed E-state index contributed by atoms with van der Waals surface area (Å²) in [7, 11) is 0. The molecule has 188 valence electrons. The van der Waals surface area contributed by atoms with Crippen LogP contribution < -0.4 is 10.5 Å². The number of hydrogen-bond donors (Lipinski definition) is 2. The molecule has 1 fully saturated rings. The van der Waals surface area contributed by atoms with E-state index in [-0.39, 0.29) is 12.5 Å². The lowest BCUT2D eigenvalue weighted by molar-refractivity contribution is -0.138. The molecule has 0 radical (unpaired) electrons. The number of halogens is 4. The van der Waals surface area contributed by atoms with Gasteiger partial charge in [0.15, 0.2) is 0 Å². The number of benzene rings is 1. The fourth-order valence-electron chi connectivity index (χ4n) is 4.50. The predicted molar refractivity (Wildman–Crippen MR) is 127 cm³/mol. The number of nitrogens with zero attached hydrogens (tertiary/aromatic N) is 4. The van der Waals surface area contributed by atoms with Crippen LogP contribution in [0.1, 0.15) is 30.4 Å². The first-order valence-corrected chi connectivity index (χ1v) is 11.8. The molecule has 0 saturated carbocycles. The average molecular weight is 510 g/mol. The summed E-state index contributed by atoms with van der Waals surface area (Å²) in [4.78, 5) is 18.1. The van der Waals surface area contributed by atoms with Crippen LogP contribution in [0.5, 0.6) is 0 Å². The molecule has 2 aliphatic rings. The van der Waals surface area contributed by atoms with Crippen LogP contribution in [0.3, 0.4) is 0 Å². The van der Waals surface area contributed by atoms with Gasteiger partial charge in [0.25, 0.3) is 0 Å². The number of fused-ring (bicyclic) bond motifs is 1. The Kier molecular flexibility index (Phi) is 7.83. The van der Waals surface area contributed by atoms with E-state index in [0.29, 0.717) is 30.2 Å². The van der Waals surface area contributed by atoms with Gasteiger partial charge in [-0.2, -0.15) is 18.3 Å². The highest BCUT2D eigenvalue weighted by molar-refractivity contribution is 6.30. The molecule has 0 aliphatic carbocycles. The molecular weight excluding hydrogens is 483 g/mol. The molecule has 1 atom stereocenters. The van der Waals surface area contributed by atoms with Crippen LogP contribution in [-0.2, 0) is 11.2 Å². The topological polar surface area (TPSA) is 71.9 Å². The second-order valence-corrected chi connectivity index (χ2v) is 9.17. The summed E-state index contributed by atoms with van der Waals surface area (Å²) in [5, 5.41) is 16.3. The summed E-state index contributed by atoms with van der Waals surface area (Å²) in [5.74, 6) is -0.625. The molecular formula is C24H27ClF3N5O2. The summed E-state index contributed by atoms with van der Waals surface area (Å²) >= 11 is 6.02. The molecule has 7 nitrogen and oxygen atoms in total. The van der Waals surface area contributed by atoms with Gasteiger partial charge in [-0.1, -0.05) is 23.7 Å². The van der Waals surface area contributed by atoms with E-state index in [0.717, 1.165) is 41.3 Å². The van der Waals surface area contributed by atoms with Gasteiger partial charge in [0.05, 0.1) is 12.7 Å². The van der Waals surface area contributed by atoms with Gasteiger partial charge in [0.1, 0.15) is 12.2 Å². The third kappa shape index (κ3) is 6.65. The molecule has 11 heteroatoms. The fourth-order valence-corrected chi connectivity index (χ4v) is 4.62. The summed E-state index contributed by atoms with van der Waals surface area (Å²) in [6, 6.07) is 9.49. The maximum atomic E-state index is 12.3. The number of anilines is 1. The minimum absolute atomic E-state index is 0.0141. The smallest absolute Gasteiger partial charge is 0.347 e. The molecule has 4 rings (SSSR count). The van der Waals surface area contributed by atoms with Gasteiger partial charge in [-0.05, 0) is 55.1 Å². The molecule has 35 heavy (non-hydrogen) atoms. The lowest BCUT2D eigenvalue weighted by Crippen LogP contribution is -2.47. The number of alkyl halides is 3. The molecule has 2 aliphatic heterocycles. The van der Waals surface area contributed by atoms with Crippen LogP contribution in [0.25, 0.3) is 5.57 Å². The Balaban J connectivity index is 1.44. The maximum Gasteiger partial charge on any atom is 0.405 e. The molecule has 1 aromatic heterocycles. The molecule has 2 aromatic rings. The predicted octanol–water partition coefficient (Wildman–Crippen LogP) is 4.28. The monoisotopic (exact) mass is 509 g/mol. The molecule has 1 aromatic carbocycles. The van der Waals surface area contributed by atoms with E-state index in [2.05, 4.69) is 9.88 Å². The highest BCUT2D eigenvalue weighted by atomic mass is 35.5. The van der Waals surface area contributed by atoms with E-state index >= 15 is 0 Å². The van der Waals surface area contributed by atoms with E-state index in [4.69, 9.17) is 11.6 Å². The van der Waals surface area contributed by atoms with Gasteiger partial charge >= 0.3 is 6.18 Å². The van der Waals surface area contributed by atoms with Crippen molar-refractivity contribution in [2.45, 2.75) is 37.9 Å². The van der Waals surface area contributed by atoms with Crippen LogP contribution in [0.2, 0.25) is 5.02 Å². The van der Waals surface area contributed by atoms with Crippen LogP contribution in [0, 0.1) is 0 Å². The number of rotatable bonds is 8. The third-order valence-electron chi connectivity index (χ3n) is 6.23. The summed E-state index contributed by atoms with van der Waals surface area (Å²) in [6.07, 6.45) is 3.15. The number of carbonyl (C=O) groups is 1. The van der Waals surface area contributed by atoms with Crippen molar-refractivity contribution in [1.29, 1.82) is 0 Å². The minimum Gasteiger partial charge on any atom is -0.347 e. The molecule has 2 N–H and O–H groups in total. The molecule has 1 amide bonds. The Labute approximate surface area is 206 Å². The quantitative estimate of drug-likeness (QED) is 0.553. The van der Waals surface area contributed by atoms with Gasteiger partial charge in [-0.3, -0.25) is 24.9 Å². The number of hydrogen-bond acceptors (Lipinski definition) is 6. The van der Waals surface area contributed by atoms with Crippen molar-refractivity contribution in [3.05, 3.63) is 65.1 Å². The average Bonchev–Trinajstić information content (AvgIpc) is 3.27. The number of allylic oxidation sites excluding steroid dienone is 1. The van der Waals surface area contributed by atoms with Crippen molar-refractivity contribution in [3.8, 4) is 0 Å². The van der Waals surface area contributed by atoms with Crippen molar-refractivity contribution < 1.29 is 23.2 Å². The Morgan fingerprint density at radius 3 is 2.74 bits per heavy atom. The Bertz CT molecular complexity index is 1060. The summed E-state index contributed by atoms with van der Waals surface area (Å²) in [5.41, 5.74) is 3.52. The van der Waals surface area contributed by atoms with E-state index in [1.807, 2.05) is 41.8 Å². The molecule has 3 heterocycles. The van der Waals surface area contributed by atoms with Gasteiger partial charge in [-0.25, -0.2) is 0 Å². The maximum absolute atomic E-state index is 12.3. The zero-order chi connectivity index (χ0) is 25.0. The summed E-state index contributed by atoms with van der Waals surface area (Å²) in [6.45, 7) is 0.235. The van der Waals surface area contributed by atoms with Crippen molar-refractivity contribution in [3.63, 3.8) is 0 Å². The number of carbonyl (C=O) groups excluding carboxylic acids is 1. The SMILES string of the molecule is O=C(CCN1CCC[C@@H]1CN1C=C(Cc2ccc(Cl)cc2)c2ccncc2N1O)NCC(F)(F)F. The number of likely N-dealkylation sites (tertiary alicyclic amines) is 1. The van der Waals surface area contributed by atoms with Crippen LogP contribution in [0.15, 0.2) is 48.9 Å². The normalized spacial score (nSPS) is 18.4. The first-order valence-electron chi connectivity index (χ1n) is 11.4. The Morgan fingerprint density at radius 2 is 2.00 bits per heavy atom. The van der Waals surface area contributed by atoms with Crippen LogP contribution in [-0.4, -0.2) is 64.4 Å². The zero-order valence-electron chi connectivity index (χ0n) is 19.0. The molecule has 0 unspecified atom stereocenters. The highest BCUT2D eigenvalue weighted by Gasteiger charge is 2.31. The largest absolute Gasteiger partial charge is 0.405 e. The second kappa shape index (κ2) is 10.8. The standard InChI is InChI=1S/C24H27ClF3N5O2/c25-19-5-3-17(4-6-19)12-18-14-32(33(35)22-13-29-9-7-21(18)22)15-20-2-1-10-31(20)11-8-23(34)30-16-24(26,27)28/h3-7,9,13-14,20,35H,1-2,8,10-12,15-16H2,(H,30,34)/t20-/m1/s1. The lowest BCUT2D eigenvalue weighted by Gasteiger charge is -2.38. The molecule has 0 bridgehead atoms. The Hall–Kier alpha value is -2.82. The second-order valence-electron chi connectivity index (χ2n) is 8.74. The van der Waals surface area contributed by atoms with Crippen molar-refractivity contribution in [2.75, 3.05) is 31.4 Å². The number of nitrogens with one attached hydrogen (secondary N) is 1. The van der Waals surface area contributed by atoms with Crippen molar-refractivity contribution in [1.82, 2.24) is 20.2 Å². The van der Waals surface area contributed by atoms with E-state index in [1.54, 1.807) is 17.4 Å². The Morgan fingerprint density at radius 1 is 1.23 bits per heavy atom. The first kappa shape index (κ1) is 25.3. The fraction of sp³-hybridized carbons (Fsp3) is 0.417. The summed E-state index contributed by atoms with van der Waals surface area (Å²) < 4.78 is 37.0.